The quantitative estimate of drug-likeness (QED) is 0.741. The summed E-state index contributed by atoms with van der Waals surface area (Å²) in [5.41, 5.74) is 8.91. The summed E-state index contributed by atoms with van der Waals surface area (Å²) in [7, 11) is 0. The standard InChI is InChI=1S/C11H14BrN/c1-7-10-4-3-9(12)6-8(10)2-5-11(7)13/h3-4,6-7,11H,2,5,13H2,1H3. The van der Waals surface area contributed by atoms with Crippen LogP contribution in [0.15, 0.2) is 22.7 Å². The van der Waals surface area contributed by atoms with Crippen LogP contribution in [0.5, 0.6) is 0 Å². The molecule has 0 fully saturated rings. The van der Waals surface area contributed by atoms with Crippen molar-refractivity contribution in [3.8, 4) is 0 Å². The van der Waals surface area contributed by atoms with Crippen LogP contribution < -0.4 is 5.73 Å². The Morgan fingerprint density at radius 2 is 2.23 bits per heavy atom. The molecule has 0 spiro atoms. The fourth-order valence-electron chi connectivity index (χ4n) is 2.04. The molecule has 0 heterocycles. The molecule has 0 saturated heterocycles. The SMILES string of the molecule is CC1c2ccc(Br)cc2CCC1N. The Hall–Kier alpha value is -0.340. The molecule has 0 aromatic heterocycles. The lowest BCUT2D eigenvalue weighted by molar-refractivity contribution is 0.497. The van der Waals surface area contributed by atoms with Gasteiger partial charge in [-0.3, -0.25) is 0 Å². The first-order valence-corrected chi connectivity index (χ1v) is 5.51. The monoisotopic (exact) mass is 239 g/mol. The number of aryl methyl sites for hydroxylation is 1. The Morgan fingerprint density at radius 3 is 3.00 bits per heavy atom. The van der Waals surface area contributed by atoms with Crippen molar-refractivity contribution in [2.45, 2.75) is 31.7 Å². The van der Waals surface area contributed by atoms with Crippen molar-refractivity contribution >= 4 is 15.9 Å². The average Bonchev–Trinajstić information content (AvgIpc) is 2.12. The highest BCUT2D eigenvalue weighted by Gasteiger charge is 2.22. The third kappa shape index (κ3) is 1.65. The first-order valence-electron chi connectivity index (χ1n) is 4.72. The largest absolute Gasteiger partial charge is 0.327 e. The predicted molar refractivity (Wildman–Crippen MR) is 58.9 cm³/mol. The van der Waals surface area contributed by atoms with Gasteiger partial charge in [-0.25, -0.2) is 0 Å². The van der Waals surface area contributed by atoms with Crippen molar-refractivity contribution in [1.82, 2.24) is 0 Å². The molecule has 0 bridgehead atoms. The van der Waals surface area contributed by atoms with E-state index < -0.39 is 0 Å². The van der Waals surface area contributed by atoms with Crippen molar-refractivity contribution in [2.24, 2.45) is 5.73 Å². The molecule has 2 unspecified atom stereocenters. The van der Waals surface area contributed by atoms with Crippen LogP contribution in [0, 0.1) is 0 Å². The second-order valence-corrected chi connectivity index (χ2v) is 4.75. The van der Waals surface area contributed by atoms with Crippen molar-refractivity contribution in [3.05, 3.63) is 33.8 Å². The van der Waals surface area contributed by atoms with Crippen LogP contribution >= 0.6 is 15.9 Å². The van der Waals surface area contributed by atoms with E-state index in [0.717, 1.165) is 12.8 Å². The van der Waals surface area contributed by atoms with Crippen LogP contribution in [0.3, 0.4) is 0 Å². The van der Waals surface area contributed by atoms with Gasteiger partial charge < -0.3 is 5.73 Å². The summed E-state index contributed by atoms with van der Waals surface area (Å²) in [5, 5.41) is 0. The highest BCUT2D eigenvalue weighted by atomic mass is 79.9. The Morgan fingerprint density at radius 1 is 1.46 bits per heavy atom. The fourth-order valence-corrected chi connectivity index (χ4v) is 2.45. The Balaban J connectivity index is 2.44. The maximum Gasteiger partial charge on any atom is 0.0178 e. The van der Waals surface area contributed by atoms with Gasteiger partial charge in [0.15, 0.2) is 0 Å². The molecule has 1 aliphatic rings. The summed E-state index contributed by atoms with van der Waals surface area (Å²) >= 11 is 3.49. The first kappa shape index (κ1) is 9.22. The van der Waals surface area contributed by atoms with Crippen molar-refractivity contribution < 1.29 is 0 Å². The lowest BCUT2D eigenvalue weighted by Gasteiger charge is -2.28. The molecule has 1 aromatic rings. The summed E-state index contributed by atoms with van der Waals surface area (Å²) in [6.07, 6.45) is 2.24. The molecule has 2 N–H and O–H groups in total. The second kappa shape index (κ2) is 3.43. The second-order valence-electron chi connectivity index (χ2n) is 3.83. The zero-order valence-electron chi connectivity index (χ0n) is 7.76. The highest BCUT2D eigenvalue weighted by molar-refractivity contribution is 9.10. The Kier molecular flexibility index (Phi) is 2.43. The fraction of sp³-hybridized carbons (Fsp3) is 0.455. The van der Waals surface area contributed by atoms with Crippen LogP contribution in [0.1, 0.15) is 30.4 Å². The minimum atomic E-state index is 0.341. The van der Waals surface area contributed by atoms with Gasteiger partial charge in [-0.1, -0.05) is 28.9 Å². The molecule has 2 heteroatoms. The van der Waals surface area contributed by atoms with Gasteiger partial charge in [0.05, 0.1) is 0 Å². The topological polar surface area (TPSA) is 26.0 Å². The molecule has 70 valence electrons. The number of nitrogens with two attached hydrogens (primary N) is 1. The molecule has 0 aliphatic heterocycles. The third-order valence-corrected chi connectivity index (χ3v) is 3.48. The third-order valence-electron chi connectivity index (χ3n) is 2.98. The number of fused-ring (bicyclic) bond motifs is 1. The van der Waals surface area contributed by atoms with Crippen LogP contribution in [-0.4, -0.2) is 6.04 Å². The summed E-state index contributed by atoms with van der Waals surface area (Å²) in [6, 6.07) is 6.86. The molecule has 2 rings (SSSR count). The van der Waals surface area contributed by atoms with Gasteiger partial charge in [-0.15, -0.1) is 0 Å². The van der Waals surface area contributed by atoms with Gasteiger partial charge in [0.1, 0.15) is 0 Å². The van der Waals surface area contributed by atoms with E-state index in [1.165, 1.54) is 15.6 Å². The molecule has 13 heavy (non-hydrogen) atoms. The highest BCUT2D eigenvalue weighted by Crippen LogP contribution is 2.31. The van der Waals surface area contributed by atoms with Crippen molar-refractivity contribution in [1.29, 1.82) is 0 Å². The molecular formula is C11H14BrN. The average molecular weight is 240 g/mol. The number of benzene rings is 1. The molecule has 1 aliphatic carbocycles. The predicted octanol–water partition coefficient (Wildman–Crippen LogP) is 2.83. The Bertz CT molecular complexity index is 322. The van der Waals surface area contributed by atoms with E-state index in [0.29, 0.717) is 12.0 Å². The minimum absolute atomic E-state index is 0.341. The van der Waals surface area contributed by atoms with Gasteiger partial charge in [-0.05, 0) is 42.0 Å². The Labute approximate surface area is 87.5 Å². The van der Waals surface area contributed by atoms with Gasteiger partial charge in [0.2, 0.25) is 0 Å². The van der Waals surface area contributed by atoms with Gasteiger partial charge in [0.25, 0.3) is 0 Å². The number of hydrogen-bond acceptors (Lipinski definition) is 1. The number of rotatable bonds is 0. The summed E-state index contributed by atoms with van der Waals surface area (Å²) in [4.78, 5) is 0. The maximum absolute atomic E-state index is 6.02. The lowest BCUT2D eigenvalue weighted by atomic mass is 9.81. The summed E-state index contributed by atoms with van der Waals surface area (Å²) < 4.78 is 1.17. The molecule has 0 saturated carbocycles. The van der Waals surface area contributed by atoms with Gasteiger partial charge in [-0.2, -0.15) is 0 Å². The van der Waals surface area contributed by atoms with E-state index in [1.807, 2.05) is 0 Å². The zero-order chi connectivity index (χ0) is 9.42. The molecule has 1 aromatic carbocycles. The first-order chi connectivity index (χ1) is 6.18. The van der Waals surface area contributed by atoms with E-state index in [-0.39, 0.29) is 0 Å². The van der Waals surface area contributed by atoms with Crippen molar-refractivity contribution in [2.75, 3.05) is 0 Å². The molecule has 0 radical (unpaired) electrons. The zero-order valence-corrected chi connectivity index (χ0v) is 9.34. The smallest absolute Gasteiger partial charge is 0.0178 e. The molecular weight excluding hydrogens is 226 g/mol. The molecule has 0 amide bonds. The number of halogens is 1. The van der Waals surface area contributed by atoms with Crippen LogP contribution in [0.2, 0.25) is 0 Å². The maximum atomic E-state index is 6.02. The van der Waals surface area contributed by atoms with Crippen LogP contribution in [0.4, 0.5) is 0 Å². The van der Waals surface area contributed by atoms with E-state index in [4.69, 9.17) is 5.73 Å². The van der Waals surface area contributed by atoms with E-state index in [9.17, 15) is 0 Å². The normalized spacial score (nSPS) is 27.0. The molecule has 2 atom stereocenters. The summed E-state index contributed by atoms with van der Waals surface area (Å²) in [6.45, 7) is 2.22. The lowest BCUT2D eigenvalue weighted by Crippen LogP contribution is -2.31. The van der Waals surface area contributed by atoms with Gasteiger partial charge >= 0.3 is 0 Å². The number of hydrogen-bond donors (Lipinski definition) is 1. The van der Waals surface area contributed by atoms with Crippen LogP contribution in [-0.2, 0) is 6.42 Å². The molecule has 1 nitrogen and oxygen atoms in total. The van der Waals surface area contributed by atoms with Crippen molar-refractivity contribution in [3.63, 3.8) is 0 Å². The minimum Gasteiger partial charge on any atom is -0.327 e. The van der Waals surface area contributed by atoms with E-state index in [1.54, 1.807) is 0 Å². The summed E-state index contributed by atoms with van der Waals surface area (Å²) in [5.74, 6) is 0.511. The van der Waals surface area contributed by atoms with Gasteiger partial charge in [0, 0.05) is 10.5 Å². The van der Waals surface area contributed by atoms with Crippen LogP contribution in [0.25, 0.3) is 0 Å². The van der Waals surface area contributed by atoms with E-state index >= 15 is 0 Å². The van der Waals surface area contributed by atoms with E-state index in [2.05, 4.69) is 41.1 Å².